The normalized spacial score (nSPS) is 12.9. The Kier molecular flexibility index (Phi) is 4.48. The predicted molar refractivity (Wildman–Crippen MR) is 54.0 cm³/mol. The lowest BCUT2D eigenvalue weighted by Gasteiger charge is -2.12. The van der Waals surface area contributed by atoms with Gasteiger partial charge in [-0.2, -0.15) is 0 Å². The largest absolute Gasteiger partial charge is 0.203 e. The molecular weight excluding hydrogens is 239 g/mol. The topological polar surface area (TPSA) is 0 Å². The van der Waals surface area contributed by atoms with Crippen molar-refractivity contribution in [3.8, 4) is 0 Å². The summed E-state index contributed by atoms with van der Waals surface area (Å²) in [5.74, 6) is -9.42. The minimum absolute atomic E-state index is 0.131. The average Bonchev–Trinajstić information content (AvgIpc) is 2.30. The van der Waals surface area contributed by atoms with E-state index in [0.717, 1.165) is 6.42 Å². The molecular formula is C12H13F5. The van der Waals surface area contributed by atoms with Crippen molar-refractivity contribution in [1.82, 2.24) is 0 Å². The molecule has 0 saturated carbocycles. The van der Waals surface area contributed by atoms with Crippen molar-refractivity contribution in [2.75, 3.05) is 0 Å². The van der Waals surface area contributed by atoms with E-state index in [0.29, 0.717) is 6.42 Å². The lowest BCUT2D eigenvalue weighted by Crippen LogP contribution is -2.10. The van der Waals surface area contributed by atoms with Gasteiger partial charge in [0.25, 0.3) is 0 Å². The van der Waals surface area contributed by atoms with Crippen LogP contribution in [0.3, 0.4) is 0 Å². The molecule has 1 rings (SSSR count). The van der Waals surface area contributed by atoms with Crippen molar-refractivity contribution in [1.29, 1.82) is 0 Å². The Bertz CT molecular complexity index is 385. The summed E-state index contributed by atoms with van der Waals surface area (Å²) in [6.07, 6.45) is 1.30. The lowest BCUT2D eigenvalue weighted by molar-refractivity contribution is 0.362. The Labute approximate surface area is 96.4 Å². The van der Waals surface area contributed by atoms with E-state index in [1.165, 1.54) is 0 Å². The Morgan fingerprint density at radius 2 is 1.24 bits per heavy atom. The SMILES string of the molecule is CCCC(C)Cc1c(F)c(F)c(F)c(F)c1F. The highest BCUT2D eigenvalue weighted by atomic mass is 19.2. The third-order valence-electron chi connectivity index (χ3n) is 2.63. The van der Waals surface area contributed by atoms with Crippen LogP contribution < -0.4 is 0 Å². The molecule has 1 aromatic carbocycles. The van der Waals surface area contributed by atoms with Gasteiger partial charge in [0, 0.05) is 5.56 Å². The molecule has 0 saturated heterocycles. The summed E-state index contributed by atoms with van der Waals surface area (Å²) in [7, 11) is 0. The highest BCUT2D eigenvalue weighted by Crippen LogP contribution is 2.26. The molecule has 0 fully saturated rings. The lowest BCUT2D eigenvalue weighted by atomic mass is 9.96. The van der Waals surface area contributed by atoms with Gasteiger partial charge in [-0.15, -0.1) is 0 Å². The molecule has 0 aliphatic carbocycles. The molecule has 0 aliphatic rings. The number of hydrogen-bond donors (Lipinski definition) is 0. The number of benzene rings is 1. The summed E-state index contributed by atoms with van der Waals surface area (Å²) in [4.78, 5) is 0. The van der Waals surface area contributed by atoms with Crippen LogP contribution in [0.5, 0.6) is 0 Å². The number of rotatable bonds is 4. The highest BCUT2D eigenvalue weighted by Gasteiger charge is 2.26. The first-order valence-electron chi connectivity index (χ1n) is 5.40. The van der Waals surface area contributed by atoms with Crippen molar-refractivity contribution >= 4 is 0 Å². The fraction of sp³-hybridized carbons (Fsp3) is 0.500. The first-order chi connectivity index (χ1) is 7.90. The van der Waals surface area contributed by atoms with E-state index in [9.17, 15) is 22.0 Å². The Morgan fingerprint density at radius 3 is 1.65 bits per heavy atom. The van der Waals surface area contributed by atoms with Gasteiger partial charge in [0.2, 0.25) is 5.82 Å². The standard InChI is InChI=1S/C12H13F5/c1-3-4-6(2)5-7-8(13)10(15)12(17)11(16)9(7)14/h6H,3-5H2,1-2H3. The van der Waals surface area contributed by atoms with Gasteiger partial charge in [-0.05, 0) is 12.3 Å². The summed E-state index contributed by atoms with van der Waals surface area (Å²) in [6.45, 7) is 3.59. The molecule has 0 nitrogen and oxygen atoms in total. The summed E-state index contributed by atoms with van der Waals surface area (Å²) >= 11 is 0. The van der Waals surface area contributed by atoms with E-state index in [2.05, 4.69) is 0 Å². The molecule has 0 bridgehead atoms. The van der Waals surface area contributed by atoms with Gasteiger partial charge in [-0.3, -0.25) is 0 Å². The van der Waals surface area contributed by atoms with E-state index in [1.54, 1.807) is 6.92 Å². The third kappa shape index (κ3) is 2.76. The quantitative estimate of drug-likeness (QED) is 0.424. The van der Waals surface area contributed by atoms with Gasteiger partial charge >= 0.3 is 0 Å². The van der Waals surface area contributed by atoms with Crippen LogP contribution in [0.25, 0.3) is 0 Å². The Balaban J connectivity index is 3.16. The maximum Gasteiger partial charge on any atom is 0.200 e. The van der Waals surface area contributed by atoms with Gasteiger partial charge in [-0.25, -0.2) is 22.0 Å². The predicted octanol–water partition coefficient (Wildman–Crippen LogP) is 4.36. The van der Waals surface area contributed by atoms with Crippen molar-refractivity contribution in [2.45, 2.75) is 33.1 Å². The fourth-order valence-corrected chi connectivity index (χ4v) is 1.77. The van der Waals surface area contributed by atoms with E-state index in [1.807, 2.05) is 6.92 Å². The second kappa shape index (κ2) is 5.47. The second-order valence-electron chi connectivity index (χ2n) is 4.15. The van der Waals surface area contributed by atoms with Crippen LogP contribution in [-0.4, -0.2) is 0 Å². The molecule has 17 heavy (non-hydrogen) atoms. The summed E-state index contributed by atoms with van der Waals surface area (Å²) in [5.41, 5.74) is -0.720. The molecule has 1 aromatic rings. The summed E-state index contributed by atoms with van der Waals surface area (Å²) in [5, 5.41) is 0. The third-order valence-corrected chi connectivity index (χ3v) is 2.63. The Hall–Kier alpha value is -1.13. The zero-order valence-electron chi connectivity index (χ0n) is 9.59. The van der Waals surface area contributed by atoms with E-state index >= 15 is 0 Å². The van der Waals surface area contributed by atoms with Gasteiger partial charge in [0.15, 0.2) is 23.3 Å². The smallest absolute Gasteiger partial charge is 0.200 e. The van der Waals surface area contributed by atoms with Crippen LogP contribution in [0.4, 0.5) is 22.0 Å². The van der Waals surface area contributed by atoms with Gasteiger partial charge in [-0.1, -0.05) is 26.7 Å². The molecule has 0 heterocycles. The van der Waals surface area contributed by atoms with Crippen molar-refractivity contribution in [3.63, 3.8) is 0 Å². The molecule has 0 amide bonds. The number of hydrogen-bond acceptors (Lipinski definition) is 0. The summed E-state index contributed by atoms with van der Waals surface area (Å²) < 4.78 is 65.1. The molecule has 0 aliphatic heterocycles. The van der Waals surface area contributed by atoms with Gasteiger partial charge in [0.1, 0.15) is 0 Å². The van der Waals surface area contributed by atoms with Crippen LogP contribution in [-0.2, 0) is 6.42 Å². The number of halogens is 5. The van der Waals surface area contributed by atoms with E-state index in [4.69, 9.17) is 0 Å². The molecule has 1 unspecified atom stereocenters. The molecule has 0 radical (unpaired) electrons. The molecule has 5 heteroatoms. The van der Waals surface area contributed by atoms with Crippen molar-refractivity contribution < 1.29 is 22.0 Å². The van der Waals surface area contributed by atoms with E-state index < -0.39 is 34.6 Å². The first kappa shape index (κ1) is 13.9. The zero-order chi connectivity index (χ0) is 13.2. The first-order valence-corrected chi connectivity index (χ1v) is 5.40. The van der Waals surface area contributed by atoms with Crippen LogP contribution in [0.15, 0.2) is 0 Å². The highest BCUT2D eigenvalue weighted by molar-refractivity contribution is 5.24. The average molecular weight is 252 g/mol. The van der Waals surface area contributed by atoms with Crippen LogP contribution in [0, 0.1) is 35.0 Å². The maximum absolute atomic E-state index is 13.3. The molecule has 0 aromatic heterocycles. The fourth-order valence-electron chi connectivity index (χ4n) is 1.77. The van der Waals surface area contributed by atoms with Crippen molar-refractivity contribution in [3.05, 3.63) is 34.6 Å². The van der Waals surface area contributed by atoms with Gasteiger partial charge < -0.3 is 0 Å². The van der Waals surface area contributed by atoms with Crippen LogP contribution in [0.2, 0.25) is 0 Å². The zero-order valence-corrected chi connectivity index (χ0v) is 9.59. The van der Waals surface area contributed by atoms with E-state index in [-0.39, 0.29) is 12.3 Å². The monoisotopic (exact) mass is 252 g/mol. The van der Waals surface area contributed by atoms with Crippen LogP contribution >= 0.6 is 0 Å². The molecule has 0 N–H and O–H groups in total. The minimum atomic E-state index is -2.10. The van der Waals surface area contributed by atoms with Gasteiger partial charge in [0.05, 0.1) is 0 Å². The molecule has 96 valence electrons. The molecule has 0 spiro atoms. The maximum atomic E-state index is 13.3. The second-order valence-corrected chi connectivity index (χ2v) is 4.15. The summed E-state index contributed by atoms with van der Waals surface area (Å²) in [6, 6.07) is 0. The van der Waals surface area contributed by atoms with Crippen molar-refractivity contribution in [2.24, 2.45) is 5.92 Å². The molecule has 1 atom stereocenters. The minimum Gasteiger partial charge on any atom is -0.203 e. The van der Waals surface area contributed by atoms with Crippen LogP contribution in [0.1, 0.15) is 32.3 Å². The Morgan fingerprint density at radius 1 is 0.824 bits per heavy atom.